The van der Waals surface area contributed by atoms with Crippen molar-refractivity contribution in [2.75, 3.05) is 19.0 Å². The van der Waals surface area contributed by atoms with E-state index in [0.29, 0.717) is 5.15 Å². The van der Waals surface area contributed by atoms with E-state index in [2.05, 4.69) is 10.2 Å². The molecule has 1 rings (SSSR count). The molecule has 0 radical (unpaired) electrons. The van der Waals surface area contributed by atoms with E-state index in [4.69, 9.17) is 11.6 Å². The second-order valence-electron chi connectivity index (χ2n) is 2.96. The molecule has 0 fully saturated rings. The van der Waals surface area contributed by atoms with E-state index in [1.165, 1.54) is 0 Å². The highest BCUT2D eigenvalue weighted by atomic mass is 35.5. The maximum Gasteiger partial charge on any atom is 0.155 e. The highest BCUT2D eigenvalue weighted by Gasteiger charge is 2.08. The molecule has 12 heavy (non-hydrogen) atoms. The number of rotatable bonds is 1. The van der Waals surface area contributed by atoms with E-state index < -0.39 is 0 Å². The zero-order chi connectivity index (χ0) is 9.30. The highest BCUT2D eigenvalue weighted by molar-refractivity contribution is 6.30. The van der Waals surface area contributed by atoms with Gasteiger partial charge in [0.2, 0.25) is 0 Å². The van der Waals surface area contributed by atoms with Crippen molar-refractivity contribution >= 4 is 17.4 Å². The van der Waals surface area contributed by atoms with Gasteiger partial charge in [-0.05, 0) is 25.0 Å². The first-order valence-corrected chi connectivity index (χ1v) is 4.08. The third-order valence-corrected chi connectivity index (χ3v) is 2.22. The number of nitrogens with zero attached hydrogens (tertiary/aromatic N) is 3. The zero-order valence-electron chi connectivity index (χ0n) is 7.72. The second-order valence-corrected chi connectivity index (χ2v) is 3.32. The molecule has 0 amide bonds. The maximum atomic E-state index is 5.80. The van der Waals surface area contributed by atoms with Crippen molar-refractivity contribution in [3.05, 3.63) is 16.3 Å². The molecule has 0 unspecified atom stereocenters. The summed E-state index contributed by atoms with van der Waals surface area (Å²) in [4.78, 5) is 1.92. The molecule has 0 aliphatic heterocycles. The van der Waals surface area contributed by atoms with Gasteiger partial charge in [0.05, 0.1) is 0 Å². The molecule has 0 spiro atoms. The Morgan fingerprint density at radius 1 is 1.08 bits per heavy atom. The van der Waals surface area contributed by atoms with Crippen LogP contribution >= 0.6 is 11.6 Å². The molecule has 1 aromatic heterocycles. The summed E-state index contributed by atoms with van der Waals surface area (Å²) in [6.45, 7) is 3.94. The van der Waals surface area contributed by atoms with Gasteiger partial charge in [-0.3, -0.25) is 0 Å². The normalized spacial score (nSPS) is 10.1. The lowest BCUT2D eigenvalue weighted by atomic mass is 10.2. The predicted octanol–water partition coefficient (Wildman–Crippen LogP) is 1.81. The molecule has 0 aliphatic rings. The Bertz CT molecular complexity index is 297. The number of halogens is 1. The Kier molecular flexibility index (Phi) is 2.52. The molecule has 0 saturated heterocycles. The van der Waals surface area contributed by atoms with Gasteiger partial charge in [-0.25, -0.2) is 0 Å². The van der Waals surface area contributed by atoms with E-state index in [9.17, 15) is 0 Å². The van der Waals surface area contributed by atoms with Gasteiger partial charge >= 0.3 is 0 Å². The third kappa shape index (κ3) is 1.50. The topological polar surface area (TPSA) is 29.0 Å². The molecular formula is C8H12ClN3. The van der Waals surface area contributed by atoms with Crippen LogP contribution in [0.25, 0.3) is 0 Å². The fraction of sp³-hybridized carbons (Fsp3) is 0.500. The van der Waals surface area contributed by atoms with Crippen molar-refractivity contribution in [1.82, 2.24) is 10.2 Å². The fourth-order valence-electron chi connectivity index (χ4n) is 0.989. The summed E-state index contributed by atoms with van der Waals surface area (Å²) < 4.78 is 0. The van der Waals surface area contributed by atoms with Crippen molar-refractivity contribution in [3.63, 3.8) is 0 Å². The lowest BCUT2D eigenvalue weighted by Crippen LogP contribution is -2.14. The van der Waals surface area contributed by atoms with Gasteiger partial charge in [-0.1, -0.05) is 11.6 Å². The van der Waals surface area contributed by atoms with Crippen LogP contribution in [0.3, 0.4) is 0 Å². The molecule has 0 aliphatic carbocycles. The summed E-state index contributed by atoms with van der Waals surface area (Å²) in [5.41, 5.74) is 2.08. The van der Waals surface area contributed by atoms with Crippen LogP contribution in [0.15, 0.2) is 0 Å². The highest BCUT2D eigenvalue weighted by Crippen LogP contribution is 2.21. The summed E-state index contributed by atoms with van der Waals surface area (Å²) in [6.07, 6.45) is 0. The van der Waals surface area contributed by atoms with Crippen molar-refractivity contribution in [2.24, 2.45) is 0 Å². The van der Waals surface area contributed by atoms with Gasteiger partial charge in [-0.2, -0.15) is 0 Å². The van der Waals surface area contributed by atoms with Crippen LogP contribution in [-0.2, 0) is 0 Å². The average molecular weight is 186 g/mol. The predicted molar refractivity (Wildman–Crippen MR) is 50.8 cm³/mol. The largest absolute Gasteiger partial charge is 0.361 e. The Morgan fingerprint density at radius 3 is 2.17 bits per heavy atom. The number of hydrogen-bond donors (Lipinski definition) is 0. The Morgan fingerprint density at radius 2 is 1.67 bits per heavy atom. The summed E-state index contributed by atoms with van der Waals surface area (Å²) in [5, 5.41) is 8.30. The first kappa shape index (κ1) is 9.26. The minimum atomic E-state index is 0.484. The smallest absolute Gasteiger partial charge is 0.155 e. The van der Waals surface area contributed by atoms with E-state index in [0.717, 1.165) is 16.9 Å². The third-order valence-electron chi connectivity index (χ3n) is 1.86. The van der Waals surface area contributed by atoms with E-state index in [-0.39, 0.29) is 0 Å². The molecular weight excluding hydrogens is 174 g/mol. The molecule has 0 atom stereocenters. The molecule has 0 saturated carbocycles. The van der Waals surface area contributed by atoms with Crippen molar-refractivity contribution < 1.29 is 0 Å². The van der Waals surface area contributed by atoms with Crippen molar-refractivity contribution in [1.29, 1.82) is 0 Å². The van der Waals surface area contributed by atoms with Gasteiger partial charge in [-0.15, -0.1) is 10.2 Å². The van der Waals surface area contributed by atoms with Crippen LogP contribution in [0.2, 0.25) is 5.15 Å². The molecule has 0 N–H and O–H groups in total. The lowest BCUT2D eigenvalue weighted by Gasteiger charge is -2.14. The molecule has 0 aromatic carbocycles. The molecule has 3 nitrogen and oxygen atoms in total. The van der Waals surface area contributed by atoms with E-state index in [1.807, 2.05) is 32.8 Å². The number of anilines is 1. The first-order valence-electron chi connectivity index (χ1n) is 3.70. The van der Waals surface area contributed by atoms with Crippen LogP contribution in [0.1, 0.15) is 11.1 Å². The van der Waals surface area contributed by atoms with Crippen LogP contribution in [0.5, 0.6) is 0 Å². The SMILES string of the molecule is Cc1c(Cl)nnc(N(C)C)c1C. The van der Waals surface area contributed by atoms with E-state index >= 15 is 0 Å². The van der Waals surface area contributed by atoms with E-state index in [1.54, 1.807) is 0 Å². The maximum absolute atomic E-state index is 5.80. The fourth-order valence-corrected chi connectivity index (χ4v) is 1.17. The van der Waals surface area contributed by atoms with Crippen LogP contribution in [-0.4, -0.2) is 24.3 Å². The van der Waals surface area contributed by atoms with Gasteiger partial charge in [0.1, 0.15) is 0 Å². The number of hydrogen-bond acceptors (Lipinski definition) is 3. The molecule has 66 valence electrons. The molecule has 0 bridgehead atoms. The summed E-state index contributed by atoms with van der Waals surface area (Å²) in [7, 11) is 3.87. The summed E-state index contributed by atoms with van der Waals surface area (Å²) >= 11 is 5.80. The Hall–Kier alpha value is -0.830. The Balaban J connectivity index is 3.27. The molecule has 4 heteroatoms. The standard InChI is InChI=1S/C8H12ClN3/c1-5-6(2)8(12(3)4)11-10-7(5)9/h1-4H3. The quantitative estimate of drug-likeness (QED) is 0.669. The van der Waals surface area contributed by atoms with Crippen LogP contribution in [0, 0.1) is 13.8 Å². The first-order chi connectivity index (χ1) is 5.54. The molecule has 1 aromatic rings. The minimum absolute atomic E-state index is 0.484. The van der Waals surface area contributed by atoms with Crippen molar-refractivity contribution in [3.8, 4) is 0 Å². The Labute approximate surface area is 77.4 Å². The van der Waals surface area contributed by atoms with Gasteiger partial charge < -0.3 is 4.90 Å². The summed E-state index contributed by atoms with van der Waals surface area (Å²) in [6, 6.07) is 0. The van der Waals surface area contributed by atoms with Gasteiger partial charge in [0.15, 0.2) is 11.0 Å². The number of aromatic nitrogens is 2. The lowest BCUT2D eigenvalue weighted by molar-refractivity contribution is 0.937. The monoisotopic (exact) mass is 185 g/mol. The van der Waals surface area contributed by atoms with Crippen LogP contribution < -0.4 is 4.90 Å². The van der Waals surface area contributed by atoms with Gasteiger partial charge in [0, 0.05) is 14.1 Å². The average Bonchev–Trinajstić information content (AvgIpc) is 2.00. The summed E-state index contributed by atoms with van der Waals surface area (Å²) in [5.74, 6) is 0.872. The van der Waals surface area contributed by atoms with Crippen molar-refractivity contribution in [2.45, 2.75) is 13.8 Å². The minimum Gasteiger partial charge on any atom is -0.361 e. The van der Waals surface area contributed by atoms with Gasteiger partial charge in [0.25, 0.3) is 0 Å². The van der Waals surface area contributed by atoms with Crippen LogP contribution in [0.4, 0.5) is 5.82 Å². The zero-order valence-corrected chi connectivity index (χ0v) is 8.48. The molecule has 1 heterocycles. The second kappa shape index (κ2) is 3.27.